The summed E-state index contributed by atoms with van der Waals surface area (Å²) in [5.41, 5.74) is 1.28. The minimum atomic E-state index is -1.05. The summed E-state index contributed by atoms with van der Waals surface area (Å²) in [4.78, 5) is 13.0. The molecular formula is C19H21ClIN5O3. The number of fused-ring (bicyclic) bond motifs is 1. The Morgan fingerprint density at radius 3 is 2.83 bits per heavy atom. The summed E-state index contributed by atoms with van der Waals surface area (Å²) in [7, 11) is 0. The Bertz CT molecular complexity index is 1050. The highest BCUT2D eigenvalue weighted by Crippen LogP contribution is 2.45. The van der Waals surface area contributed by atoms with Crippen LogP contribution in [-0.2, 0) is 6.54 Å². The van der Waals surface area contributed by atoms with Gasteiger partial charge < -0.3 is 25.2 Å². The van der Waals surface area contributed by atoms with Gasteiger partial charge in [0, 0.05) is 15.5 Å². The van der Waals surface area contributed by atoms with Gasteiger partial charge in [-0.05, 0) is 58.3 Å². The maximum Gasteiger partial charge on any atom is 0.226 e. The second kappa shape index (κ2) is 7.95. The molecule has 10 heteroatoms. The van der Waals surface area contributed by atoms with Crippen molar-refractivity contribution in [2.24, 2.45) is 5.41 Å². The average Bonchev–Trinajstić information content (AvgIpc) is 3.21. The summed E-state index contributed by atoms with van der Waals surface area (Å²) in [6.07, 6.45) is -0.160. The predicted octanol–water partition coefficient (Wildman–Crippen LogP) is 2.36. The molecule has 1 aliphatic carbocycles. The van der Waals surface area contributed by atoms with E-state index in [9.17, 15) is 15.3 Å². The van der Waals surface area contributed by atoms with E-state index in [4.69, 9.17) is 11.6 Å². The Balaban J connectivity index is 1.67. The number of aliphatic hydroxyl groups is 3. The fraction of sp³-hybridized carbons (Fsp3) is 0.421. The molecule has 0 aliphatic heterocycles. The van der Waals surface area contributed by atoms with E-state index >= 15 is 0 Å². The molecule has 0 saturated heterocycles. The molecule has 154 valence electrons. The summed E-state index contributed by atoms with van der Waals surface area (Å²) in [5, 5.41) is 33.9. The molecule has 4 atom stereocenters. The van der Waals surface area contributed by atoms with Crippen LogP contribution < -0.4 is 5.32 Å². The molecule has 0 spiro atoms. The molecule has 4 N–H and O–H groups in total. The molecule has 0 bridgehead atoms. The number of nitrogens with one attached hydrogen (secondary N) is 1. The first-order valence-electron chi connectivity index (χ1n) is 9.18. The average molecular weight is 530 g/mol. The van der Waals surface area contributed by atoms with Gasteiger partial charge in [-0.1, -0.05) is 19.1 Å². The summed E-state index contributed by atoms with van der Waals surface area (Å²) in [5.74, 6) is 0.496. The second-order valence-electron chi connectivity index (χ2n) is 7.67. The van der Waals surface area contributed by atoms with Gasteiger partial charge in [-0.3, -0.25) is 0 Å². The number of imidazole rings is 1. The summed E-state index contributed by atoms with van der Waals surface area (Å²) < 4.78 is 2.84. The van der Waals surface area contributed by atoms with E-state index in [1.165, 1.54) is 0 Å². The third kappa shape index (κ3) is 3.81. The normalized spacial score (nSPS) is 26.9. The van der Waals surface area contributed by atoms with Gasteiger partial charge in [0.15, 0.2) is 17.0 Å². The van der Waals surface area contributed by atoms with E-state index < -0.39 is 23.7 Å². The van der Waals surface area contributed by atoms with Crippen LogP contribution >= 0.6 is 34.2 Å². The van der Waals surface area contributed by atoms with E-state index in [0.717, 1.165) is 9.13 Å². The zero-order valence-corrected chi connectivity index (χ0v) is 18.5. The highest BCUT2D eigenvalue weighted by molar-refractivity contribution is 14.1. The zero-order chi connectivity index (χ0) is 20.8. The van der Waals surface area contributed by atoms with E-state index in [2.05, 4.69) is 48.9 Å². The molecule has 3 aromatic rings. The number of benzene rings is 1. The van der Waals surface area contributed by atoms with Crippen LogP contribution in [0.25, 0.3) is 11.2 Å². The largest absolute Gasteiger partial charge is 0.396 e. The van der Waals surface area contributed by atoms with E-state index in [1.54, 1.807) is 17.8 Å². The van der Waals surface area contributed by atoms with Gasteiger partial charge in [-0.15, -0.1) is 0 Å². The highest BCUT2D eigenvalue weighted by Gasteiger charge is 2.50. The van der Waals surface area contributed by atoms with Crippen molar-refractivity contribution in [3.8, 4) is 0 Å². The molecule has 4 rings (SSSR count). The quantitative estimate of drug-likeness (QED) is 0.296. The minimum Gasteiger partial charge on any atom is -0.396 e. The van der Waals surface area contributed by atoms with Crippen molar-refractivity contribution >= 4 is 51.2 Å². The maximum atomic E-state index is 10.6. The van der Waals surface area contributed by atoms with Crippen LogP contribution in [0.15, 0.2) is 30.6 Å². The molecule has 2 aromatic heterocycles. The van der Waals surface area contributed by atoms with Crippen LogP contribution in [0.1, 0.15) is 24.9 Å². The minimum absolute atomic E-state index is 0.0577. The number of halogens is 2. The van der Waals surface area contributed by atoms with Crippen molar-refractivity contribution in [2.75, 3.05) is 11.9 Å². The Morgan fingerprint density at radius 1 is 1.34 bits per heavy atom. The Kier molecular flexibility index (Phi) is 5.68. The van der Waals surface area contributed by atoms with Crippen molar-refractivity contribution in [1.82, 2.24) is 19.5 Å². The van der Waals surface area contributed by atoms with Crippen molar-refractivity contribution in [1.29, 1.82) is 0 Å². The molecule has 1 aliphatic rings. The molecule has 29 heavy (non-hydrogen) atoms. The lowest BCUT2D eigenvalue weighted by Gasteiger charge is -2.25. The molecular weight excluding hydrogens is 509 g/mol. The monoisotopic (exact) mass is 529 g/mol. The van der Waals surface area contributed by atoms with Crippen LogP contribution in [0.5, 0.6) is 0 Å². The molecule has 0 radical (unpaired) electrons. The van der Waals surface area contributed by atoms with E-state index in [-0.39, 0.29) is 11.9 Å². The lowest BCUT2D eigenvalue weighted by Crippen LogP contribution is -2.36. The fourth-order valence-electron chi connectivity index (χ4n) is 3.85. The third-order valence-corrected chi connectivity index (χ3v) is 6.41. The van der Waals surface area contributed by atoms with E-state index in [1.807, 2.05) is 18.2 Å². The van der Waals surface area contributed by atoms with Gasteiger partial charge >= 0.3 is 0 Å². The number of aliphatic hydroxyl groups excluding tert-OH is 3. The zero-order valence-electron chi connectivity index (χ0n) is 15.6. The molecule has 8 nitrogen and oxygen atoms in total. The van der Waals surface area contributed by atoms with E-state index in [0.29, 0.717) is 29.9 Å². The number of anilines is 1. The van der Waals surface area contributed by atoms with Crippen LogP contribution in [0, 0.1) is 8.99 Å². The first kappa shape index (κ1) is 20.7. The van der Waals surface area contributed by atoms with Crippen molar-refractivity contribution < 1.29 is 15.3 Å². The van der Waals surface area contributed by atoms with Crippen LogP contribution in [0.3, 0.4) is 0 Å². The van der Waals surface area contributed by atoms with Crippen LogP contribution in [-0.4, -0.2) is 53.7 Å². The van der Waals surface area contributed by atoms with Crippen LogP contribution in [0.4, 0.5) is 5.82 Å². The Hall–Kier alpha value is -1.53. The predicted molar refractivity (Wildman–Crippen MR) is 118 cm³/mol. The van der Waals surface area contributed by atoms with Gasteiger partial charge in [0.2, 0.25) is 5.28 Å². The number of rotatable bonds is 5. The lowest BCUT2D eigenvalue weighted by atomic mass is 9.87. The molecule has 1 fully saturated rings. The third-order valence-electron chi connectivity index (χ3n) is 5.57. The summed E-state index contributed by atoms with van der Waals surface area (Å²) in [6.45, 7) is 2.06. The molecule has 2 heterocycles. The van der Waals surface area contributed by atoms with Crippen molar-refractivity contribution in [3.63, 3.8) is 0 Å². The first-order valence-corrected chi connectivity index (χ1v) is 10.6. The number of nitrogens with zero attached hydrogens (tertiary/aromatic N) is 4. The summed E-state index contributed by atoms with van der Waals surface area (Å²) in [6, 6.07) is 7.60. The van der Waals surface area contributed by atoms with Crippen LogP contribution in [0.2, 0.25) is 5.28 Å². The number of hydrogen-bond acceptors (Lipinski definition) is 7. The molecule has 0 unspecified atom stereocenters. The van der Waals surface area contributed by atoms with Gasteiger partial charge in [0.25, 0.3) is 0 Å². The SMILES string of the molecule is C[C@]1(CO)C[C@@H](n2cnc3c(NCc4cccc(I)c4)nc(Cl)nc32)[C@H](O)[C@@H]1O. The van der Waals surface area contributed by atoms with Gasteiger partial charge in [0.05, 0.1) is 25.1 Å². The Morgan fingerprint density at radius 2 is 2.14 bits per heavy atom. The van der Waals surface area contributed by atoms with Gasteiger partial charge in [0.1, 0.15) is 6.10 Å². The maximum absolute atomic E-state index is 10.6. The molecule has 1 saturated carbocycles. The lowest BCUT2D eigenvalue weighted by molar-refractivity contribution is -0.0403. The van der Waals surface area contributed by atoms with Gasteiger partial charge in [-0.2, -0.15) is 9.97 Å². The Labute approximate surface area is 186 Å². The number of aromatic nitrogens is 4. The van der Waals surface area contributed by atoms with Crippen molar-refractivity contribution in [2.45, 2.75) is 38.1 Å². The molecule has 1 aromatic carbocycles. The first-order chi connectivity index (χ1) is 13.8. The standard InChI is InChI=1S/C19H21ClIN5O3/c1-19(8-27)6-12(14(28)15(19)29)26-9-23-13-16(24-18(20)25-17(13)26)22-7-10-3-2-4-11(21)5-10/h2-5,9,12,14-15,27-29H,6-8H2,1H3,(H,22,24,25)/t12-,14+,15+,19-/m1/s1. The smallest absolute Gasteiger partial charge is 0.226 e. The topological polar surface area (TPSA) is 116 Å². The highest BCUT2D eigenvalue weighted by atomic mass is 127. The van der Waals surface area contributed by atoms with Gasteiger partial charge in [-0.25, -0.2) is 4.98 Å². The second-order valence-corrected chi connectivity index (χ2v) is 9.25. The fourth-order valence-corrected chi connectivity index (χ4v) is 4.62. The molecule has 0 amide bonds. The number of hydrogen-bond donors (Lipinski definition) is 4. The van der Waals surface area contributed by atoms with Crippen molar-refractivity contribution in [3.05, 3.63) is 45.0 Å². The summed E-state index contributed by atoms with van der Waals surface area (Å²) >= 11 is 8.42.